The molecule has 1 aliphatic rings. The van der Waals surface area contributed by atoms with Crippen molar-refractivity contribution < 1.29 is 4.79 Å². The van der Waals surface area contributed by atoms with Crippen molar-refractivity contribution in [2.45, 2.75) is 58.9 Å². The van der Waals surface area contributed by atoms with E-state index in [2.05, 4.69) is 19.2 Å². The minimum absolute atomic E-state index is 0.0765. The number of hydrogen-bond donors (Lipinski definition) is 2. The molecule has 0 aromatic rings. The van der Waals surface area contributed by atoms with Crippen molar-refractivity contribution in [1.29, 1.82) is 0 Å². The van der Waals surface area contributed by atoms with Gasteiger partial charge in [-0.3, -0.25) is 4.79 Å². The molecule has 0 aromatic heterocycles. The van der Waals surface area contributed by atoms with Gasteiger partial charge in [0.1, 0.15) is 0 Å². The molecule has 1 rings (SSSR count). The van der Waals surface area contributed by atoms with Crippen molar-refractivity contribution in [3.05, 3.63) is 0 Å². The maximum absolute atomic E-state index is 12.0. The van der Waals surface area contributed by atoms with Crippen LogP contribution in [0, 0.1) is 17.8 Å². The molecule has 1 saturated carbocycles. The largest absolute Gasteiger partial charge is 0.352 e. The highest BCUT2D eigenvalue weighted by Gasteiger charge is 2.26. The summed E-state index contributed by atoms with van der Waals surface area (Å²) in [6.07, 6.45) is 6.36. The highest BCUT2D eigenvalue weighted by Crippen LogP contribution is 2.26. The van der Waals surface area contributed by atoms with E-state index in [9.17, 15) is 4.79 Å². The minimum atomic E-state index is 0.0765. The Labute approximate surface area is 106 Å². The Hall–Kier alpha value is -0.570. The Bertz CT molecular complexity index is 234. The van der Waals surface area contributed by atoms with Crippen LogP contribution in [0.3, 0.4) is 0 Å². The van der Waals surface area contributed by atoms with Crippen LogP contribution < -0.4 is 11.1 Å². The van der Waals surface area contributed by atoms with Gasteiger partial charge < -0.3 is 11.1 Å². The summed E-state index contributed by atoms with van der Waals surface area (Å²) in [7, 11) is 0. The summed E-state index contributed by atoms with van der Waals surface area (Å²) in [6, 6.07) is 0.184. The molecule has 0 radical (unpaired) electrons. The van der Waals surface area contributed by atoms with Crippen molar-refractivity contribution in [1.82, 2.24) is 5.32 Å². The SMILES string of the molecule is CC(C)C(C)C(=O)NC(CN)C1CCCCC1. The van der Waals surface area contributed by atoms with Gasteiger partial charge in [0.05, 0.1) is 0 Å². The monoisotopic (exact) mass is 240 g/mol. The first-order chi connectivity index (χ1) is 8.06. The number of rotatable bonds is 5. The molecule has 2 unspecified atom stereocenters. The Balaban J connectivity index is 2.47. The molecule has 100 valence electrons. The molecule has 2 atom stereocenters. The summed E-state index contributed by atoms with van der Waals surface area (Å²) in [5.74, 6) is 1.23. The van der Waals surface area contributed by atoms with E-state index in [1.165, 1.54) is 32.1 Å². The van der Waals surface area contributed by atoms with Crippen LogP contribution in [-0.2, 0) is 4.79 Å². The molecular formula is C14H28N2O. The predicted molar refractivity (Wildman–Crippen MR) is 71.6 cm³/mol. The Morgan fingerprint density at radius 3 is 2.29 bits per heavy atom. The number of nitrogens with two attached hydrogens (primary N) is 1. The van der Waals surface area contributed by atoms with Gasteiger partial charge in [-0.2, -0.15) is 0 Å². The van der Waals surface area contributed by atoms with Crippen LogP contribution in [0.4, 0.5) is 0 Å². The van der Waals surface area contributed by atoms with Crippen LogP contribution in [0.25, 0.3) is 0 Å². The van der Waals surface area contributed by atoms with E-state index >= 15 is 0 Å². The van der Waals surface area contributed by atoms with E-state index in [0.29, 0.717) is 18.4 Å². The van der Waals surface area contributed by atoms with E-state index in [-0.39, 0.29) is 17.9 Å². The van der Waals surface area contributed by atoms with E-state index in [1.807, 2.05) is 6.92 Å². The van der Waals surface area contributed by atoms with E-state index in [1.54, 1.807) is 0 Å². The normalized spacial score (nSPS) is 21.2. The molecular weight excluding hydrogens is 212 g/mol. The van der Waals surface area contributed by atoms with Gasteiger partial charge in [-0.15, -0.1) is 0 Å². The van der Waals surface area contributed by atoms with Gasteiger partial charge in [0.25, 0.3) is 0 Å². The molecule has 0 spiro atoms. The second-order valence-corrected chi connectivity index (χ2v) is 5.78. The standard InChI is InChI=1S/C14H28N2O/c1-10(2)11(3)14(17)16-13(9-15)12-7-5-4-6-8-12/h10-13H,4-9,15H2,1-3H3,(H,16,17). The number of amides is 1. The van der Waals surface area contributed by atoms with Crippen molar-refractivity contribution in [2.75, 3.05) is 6.54 Å². The molecule has 3 nitrogen and oxygen atoms in total. The van der Waals surface area contributed by atoms with Crippen LogP contribution in [-0.4, -0.2) is 18.5 Å². The number of carbonyl (C=O) groups is 1. The zero-order chi connectivity index (χ0) is 12.8. The zero-order valence-electron chi connectivity index (χ0n) is 11.5. The topological polar surface area (TPSA) is 55.1 Å². The summed E-state index contributed by atoms with van der Waals surface area (Å²) in [5, 5.41) is 3.15. The van der Waals surface area contributed by atoms with Crippen LogP contribution in [0.2, 0.25) is 0 Å². The molecule has 17 heavy (non-hydrogen) atoms. The van der Waals surface area contributed by atoms with Gasteiger partial charge in [-0.25, -0.2) is 0 Å². The highest BCUT2D eigenvalue weighted by atomic mass is 16.1. The molecule has 3 N–H and O–H groups in total. The number of nitrogens with one attached hydrogen (secondary N) is 1. The molecule has 3 heteroatoms. The van der Waals surface area contributed by atoms with Gasteiger partial charge in [0.2, 0.25) is 5.91 Å². The van der Waals surface area contributed by atoms with Crippen molar-refractivity contribution in [3.8, 4) is 0 Å². The summed E-state index contributed by atoms with van der Waals surface area (Å²) in [6.45, 7) is 6.74. The third-order valence-electron chi connectivity index (χ3n) is 4.21. The van der Waals surface area contributed by atoms with E-state index < -0.39 is 0 Å². The van der Waals surface area contributed by atoms with E-state index in [4.69, 9.17) is 5.73 Å². The van der Waals surface area contributed by atoms with Crippen molar-refractivity contribution >= 4 is 5.91 Å². The average Bonchev–Trinajstić information content (AvgIpc) is 2.35. The Morgan fingerprint density at radius 1 is 1.24 bits per heavy atom. The zero-order valence-corrected chi connectivity index (χ0v) is 11.5. The fraction of sp³-hybridized carbons (Fsp3) is 0.929. The van der Waals surface area contributed by atoms with Gasteiger partial charge >= 0.3 is 0 Å². The van der Waals surface area contributed by atoms with Gasteiger partial charge in [-0.1, -0.05) is 40.0 Å². The van der Waals surface area contributed by atoms with Crippen LogP contribution in [0.1, 0.15) is 52.9 Å². The lowest BCUT2D eigenvalue weighted by Crippen LogP contribution is -2.48. The van der Waals surface area contributed by atoms with E-state index in [0.717, 1.165) is 0 Å². The van der Waals surface area contributed by atoms with Crippen molar-refractivity contribution in [3.63, 3.8) is 0 Å². The maximum Gasteiger partial charge on any atom is 0.223 e. The predicted octanol–water partition coefficient (Wildman–Crippen LogP) is 2.30. The first kappa shape index (κ1) is 14.5. The lowest BCUT2D eigenvalue weighted by molar-refractivity contribution is -0.126. The molecule has 0 aromatic carbocycles. The van der Waals surface area contributed by atoms with Crippen LogP contribution in [0.5, 0.6) is 0 Å². The molecule has 1 fully saturated rings. The number of hydrogen-bond acceptors (Lipinski definition) is 2. The Morgan fingerprint density at radius 2 is 1.82 bits per heavy atom. The summed E-state index contributed by atoms with van der Waals surface area (Å²) in [5.41, 5.74) is 5.81. The van der Waals surface area contributed by atoms with Gasteiger partial charge in [0, 0.05) is 18.5 Å². The minimum Gasteiger partial charge on any atom is -0.352 e. The van der Waals surface area contributed by atoms with Gasteiger partial charge in [-0.05, 0) is 24.7 Å². The first-order valence-corrected chi connectivity index (χ1v) is 7.06. The third kappa shape index (κ3) is 4.30. The smallest absolute Gasteiger partial charge is 0.223 e. The lowest BCUT2D eigenvalue weighted by atomic mass is 9.83. The fourth-order valence-corrected chi connectivity index (χ4v) is 2.52. The third-order valence-corrected chi connectivity index (χ3v) is 4.21. The fourth-order valence-electron chi connectivity index (χ4n) is 2.52. The molecule has 0 bridgehead atoms. The molecule has 0 heterocycles. The number of carbonyl (C=O) groups excluding carboxylic acids is 1. The average molecular weight is 240 g/mol. The second-order valence-electron chi connectivity index (χ2n) is 5.78. The molecule has 1 aliphatic carbocycles. The summed E-state index contributed by atoms with van der Waals surface area (Å²) < 4.78 is 0. The second kappa shape index (κ2) is 7.00. The van der Waals surface area contributed by atoms with Gasteiger partial charge in [0.15, 0.2) is 0 Å². The summed E-state index contributed by atoms with van der Waals surface area (Å²) in [4.78, 5) is 12.0. The first-order valence-electron chi connectivity index (χ1n) is 7.06. The maximum atomic E-state index is 12.0. The Kier molecular flexibility index (Phi) is 5.96. The molecule has 0 saturated heterocycles. The lowest BCUT2D eigenvalue weighted by Gasteiger charge is -2.31. The highest BCUT2D eigenvalue weighted by molar-refractivity contribution is 5.78. The molecule has 0 aliphatic heterocycles. The molecule has 1 amide bonds. The quantitative estimate of drug-likeness (QED) is 0.774. The van der Waals surface area contributed by atoms with Crippen molar-refractivity contribution in [2.24, 2.45) is 23.5 Å². The van der Waals surface area contributed by atoms with Crippen LogP contribution in [0.15, 0.2) is 0 Å². The summed E-state index contributed by atoms with van der Waals surface area (Å²) >= 11 is 0. The van der Waals surface area contributed by atoms with Crippen LogP contribution >= 0.6 is 0 Å².